The lowest BCUT2D eigenvalue weighted by molar-refractivity contribution is -0.137. The van der Waals surface area contributed by atoms with Gasteiger partial charge in [0.15, 0.2) is 0 Å². The first-order valence-electron chi connectivity index (χ1n) is 7.10. The van der Waals surface area contributed by atoms with Crippen molar-refractivity contribution in [3.8, 4) is 17.6 Å². The van der Waals surface area contributed by atoms with Gasteiger partial charge in [0.05, 0.1) is 12.1 Å². The van der Waals surface area contributed by atoms with Gasteiger partial charge in [-0.2, -0.15) is 13.2 Å². The highest BCUT2D eigenvalue weighted by Crippen LogP contribution is 2.31. The molecule has 0 unspecified atom stereocenters. The molecule has 0 aliphatic carbocycles. The molecule has 0 aliphatic rings. The third kappa shape index (κ3) is 8.15. The second kappa shape index (κ2) is 7.91. The topological polar surface area (TPSA) is 38.3 Å². The molecule has 1 aromatic carbocycles. The Bertz CT molecular complexity index is 592. The standard InChI is InChI=1S/C17H20F3NO2/c1-16(2,3)12-15(22)21-9-4-5-10-23-14-8-6-7-13(11-14)17(18,19)20/h6-8,11H,9-10,12H2,1-3H3,(H,21,22). The third-order valence-corrected chi connectivity index (χ3v) is 2.66. The predicted molar refractivity (Wildman–Crippen MR) is 81.8 cm³/mol. The van der Waals surface area contributed by atoms with Crippen LogP contribution in [0.4, 0.5) is 13.2 Å². The van der Waals surface area contributed by atoms with Crippen molar-refractivity contribution in [2.45, 2.75) is 33.4 Å². The SMILES string of the molecule is CC(C)(C)CC(=O)NCC#CCOc1cccc(C(F)(F)F)c1. The molecule has 126 valence electrons. The highest BCUT2D eigenvalue weighted by atomic mass is 19.4. The Kier molecular flexibility index (Phi) is 6.49. The number of alkyl halides is 3. The lowest BCUT2D eigenvalue weighted by atomic mass is 9.92. The highest BCUT2D eigenvalue weighted by molar-refractivity contribution is 5.76. The fraction of sp³-hybridized carbons (Fsp3) is 0.471. The molecule has 1 amide bonds. The molecule has 0 saturated carbocycles. The van der Waals surface area contributed by atoms with Crippen LogP contribution in [0.5, 0.6) is 5.75 Å². The Labute approximate surface area is 134 Å². The van der Waals surface area contributed by atoms with Crippen molar-refractivity contribution in [1.29, 1.82) is 0 Å². The molecule has 0 aliphatic heterocycles. The zero-order valence-corrected chi connectivity index (χ0v) is 13.4. The van der Waals surface area contributed by atoms with Crippen LogP contribution in [0.25, 0.3) is 0 Å². The summed E-state index contributed by atoms with van der Waals surface area (Å²) in [5.74, 6) is 5.34. The van der Waals surface area contributed by atoms with E-state index in [4.69, 9.17) is 4.74 Å². The average Bonchev–Trinajstić information content (AvgIpc) is 2.40. The van der Waals surface area contributed by atoms with Gasteiger partial charge in [-0.15, -0.1) is 0 Å². The van der Waals surface area contributed by atoms with Crippen molar-refractivity contribution in [2.24, 2.45) is 5.41 Å². The second-order valence-corrected chi connectivity index (χ2v) is 6.18. The van der Waals surface area contributed by atoms with Crippen LogP contribution in [0, 0.1) is 17.3 Å². The number of rotatable bonds is 4. The molecular formula is C17H20F3NO2. The molecule has 0 aromatic heterocycles. The minimum Gasteiger partial charge on any atom is -0.481 e. The molecule has 1 rings (SSSR count). The van der Waals surface area contributed by atoms with Crippen molar-refractivity contribution in [2.75, 3.05) is 13.2 Å². The van der Waals surface area contributed by atoms with E-state index >= 15 is 0 Å². The fourth-order valence-corrected chi connectivity index (χ4v) is 1.68. The number of hydrogen-bond acceptors (Lipinski definition) is 2. The summed E-state index contributed by atoms with van der Waals surface area (Å²) in [5, 5.41) is 2.65. The van der Waals surface area contributed by atoms with E-state index < -0.39 is 11.7 Å². The average molecular weight is 327 g/mol. The van der Waals surface area contributed by atoms with Crippen LogP contribution in [-0.2, 0) is 11.0 Å². The molecule has 0 atom stereocenters. The van der Waals surface area contributed by atoms with Gasteiger partial charge in [-0.1, -0.05) is 38.7 Å². The largest absolute Gasteiger partial charge is 0.481 e. The van der Waals surface area contributed by atoms with Crippen molar-refractivity contribution < 1.29 is 22.7 Å². The van der Waals surface area contributed by atoms with Crippen molar-refractivity contribution in [1.82, 2.24) is 5.32 Å². The third-order valence-electron chi connectivity index (χ3n) is 2.66. The molecule has 1 N–H and O–H groups in total. The summed E-state index contributed by atoms with van der Waals surface area (Å²) in [6.45, 7) is 6.01. The predicted octanol–water partition coefficient (Wildman–Crippen LogP) is 3.64. The monoisotopic (exact) mass is 327 g/mol. The number of halogens is 3. The van der Waals surface area contributed by atoms with Crippen LogP contribution in [0.15, 0.2) is 24.3 Å². The summed E-state index contributed by atoms with van der Waals surface area (Å²) in [7, 11) is 0. The molecule has 23 heavy (non-hydrogen) atoms. The molecule has 0 spiro atoms. The zero-order valence-electron chi connectivity index (χ0n) is 13.4. The minimum atomic E-state index is -4.40. The van der Waals surface area contributed by atoms with Crippen molar-refractivity contribution in [3.63, 3.8) is 0 Å². The molecule has 0 bridgehead atoms. The maximum atomic E-state index is 12.5. The van der Waals surface area contributed by atoms with Crippen LogP contribution in [-0.4, -0.2) is 19.1 Å². The fourth-order valence-electron chi connectivity index (χ4n) is 1.68. The van der Waals surface area contributed by atoms with E-state index in [2.05, 4.69) is 17.2 Å². The normalized spacial score (nSPS) is 11.4. The zero-order chi connectivity index (χ0) is 17.5. The van der Waals surface area contributed by atoms with Crippen LogP contribution in [0.2, 0.25) is 0 Å². The van der Waals surface area contributed by atoms with E-state index in [-0.39, 0.29) is 30.2 Å². The summed E-state index contributed by atoms with van der Waals surface area (Å²) >= 11 is 0. The van der Waals surface area contributed by atoms with E-state index in [1.165, 1.54) is 12.1 Å². The van der Waals surface area contributed by atoms with Crippen molar-refractivity contribution >= 4 is 5.91 Å². The second-order valence-electron chi connectivity index (χ2n) is 6.18. The van der Waals surface area contributed by atoms with Gasteiger partial charge in [0.1, 0.15) is 12.4 Å². The van der Waals surface area contributed by atoms with Crippen LogP contribution in [0.1, 0.15) is 32.8 Å². The number of carbonyl (C=O) groups excluding carboxylic acids is 1. The van der Waals surface area contributed by atoms with E-state index in [9.17, 15) is 18.0 Å². The van der Waals surface area contributed by atoms with Gasteiger partial charge in [0.25, 0.3) is 0 Å². The molecular weight excluding hydrogens is 307 g/mol. The summed E-state index contributed by atoms with van der Waals surface area (Å²) in [6.07, 6.45) is -4.00. The maximum absolute atomic E-state index is 12.5. The first-order chi connectivity index (χ1) is 10.6. The van der Waals surface area contributed by atoms with Crippen LogP contribution in [0.3, 0.4) is 0 Å². The number of nitrogens with one attached hydrogen (secondary N) is 1. The van der Waals surface area contributed by atoms with E-state index in [1.54, 1.807) is 0 Å². The maximum Gasteiger partial charge on any atom is 0.416 e. The highest BCUT2D eigenvalue weighted by Gasteiger charge is 2.30. The van der Waals surface area contributed by atoms with Gasteiger partial charge in [0, 0.05) is 6.42 Å². The minimum absolute atomic E-state index is 0.0452. The molecule has 0 saturated heterocycles. The molecule has 0 fully saturated rings. The smallest absolute Gasteiger partial charge is 0.416 e. The number of carbonyl (C=O) groups is 1. The first-order valence-corrected chi connectivity index (χ1v) is 7.10. The van der Waals surface area contributed by atoms with E-state index in [1.807, 2.05) is 20.8 Å². The summed E-state index contributed by atoms with van der Waals surface area (Å²) in [5.41, 5.74) is -0.859. The lowest BCUT2D eigenvalue weighted by Crippen LogP contribution is -2.27. The summed E-state index contributed by atoms with van der Waals surface area (Å²) in [4.78, 5) is 11.5. The Morgan fingerprint density at radius 1 is 1.22 bits per heavy atom. The van der Waals surface area contributed by atoms with Gasteiger partial charge < -0.3 is 10.1 Å². The van der Waals surface area contributed by atoms with Gasteiger partial charge in [0.2, 0.25) is 5.91 Å². The Morgan fingerprint density at radius 3 is 2.52 bits per heavy atom. The summed E-state index contributed by atoms with van der Waals surface area (Å²) in [6, 6.07) is 4.61. The Hall–Kier alpha value is -2.16. The Morgan fingerprint density at radius 2 is 1.91 bits per heavy atom. The van der Waals surface area contributed by atoms with E-state index in [0.29, 0.717) is 6.42 Å². The van der Waals surface area contributed by atoms with Crippen LogP contribution < -0.4 is 10.1 Å². The molecule has 1 aromatic rings. The summed E-state index contributed by atoms with van der Waals surface area (Å²) < 4.78 is 42.7. The molecule has 6 heteroatoms. The number of benzene rings is 1. The number of amides is 1. The van der Waals surface area contributed by atoms with Gasteiger partial charge in [-0.25, -0.2) is 0 Å². The number of ether oxygens (including phenoxy) is 1. The first kappa shape index (κ1) is 18.9. The molecule has 0 heterocycles. The Balaban J connectivity index is 2.37. The van der Waals surface area contributed by atoms with Gasteiger partial charge in [-0.3, -0.25) is 4.79 Å². The quantitative estimate of drug-likeness (QED) is 0.858. The van der Waals surface area contributed by atoms with E-state index in [0.717, 1.165) is 12.1 Å². The van der Waals surface area contributed by atoms with Gasteiger partial charge >= 0.3 is 6.18 Å². The van der Waals surface area contributed by atoms with Crippen LogP contribution >= 0.6 is 0 Å². The van der Waals surface area contributed by atoms with Crippen molar-refractivity contribution in [3.05, 3.63) is 29.8 Å². The molecule has 0 radical (unpaired) electrons. The number of hydrogen-bond donors (Lipinski definition) is 1. The lowest BCUT2D eigenvalue weighted by Gasteiger charge is -2.16. The van der Waals surface area contributed by atoms with Gasteiger partial charge in [-0.05, 0) is 23.6 Å². The molecule has 3 nitrogen and oxygen atoms in total.